The molecule has 1 aliphatic rings. The lowest BCUT2D eigenvalue weighted by Crippen LogP contribution is -2.38. The molecule has 0 aliphatic carbocycles. The van der Waals surface area contributed by atoms with Crippen molar-refractivity contribution in [1.29, 1.82) is 0 Å². The van der Waals surface area contributed by atoms with Gasteiger partial charge in [0.1, 0.15) is 12.0 Å². The Morgan fingerprint density at radius 2 is 1.89 bits per heavy atom. The zero-order chi connectivity index (χ0) is 19.2. The van der Waals surface area contributed by atoms with Crippen LogP contribution in [0.1, 0.15) is 23.2 Å². The van der Waals surface area contributed by atoms with E-state index in [1.54, 1.807) is 24.3 Å². The normalized spacial score (nSPS) is 14.5. The molecule has 1 aromatic heterocycles. The van der Waals surface area contributed by atoms with E-state index >= 15 is 0 Å². The van der Waals surface area contributed by atoms with E-state index in [1.165, 1.54) is 13.4 Å². The van der Waals surface area contributed by atoms with Crippen LogP contribution in [0.15, 0.2) is 36.7 Å². The second-order valence-corrected chi connectivity index (χ2v) is 6.19. The zero-order valence-corrected chi connectivity index (χ0v) is 15.0. The maximum absolute atomic E-state index is 12.1. The van der Waals surface area contributed by atoms with E-state index in [2.05, 4.69) is 20.8 Å². The van der Waals surface area contributed by atoms with Crippen molar-refractivity contribution in [3.05, 3.63) is 42.2 Å². The number of nitrogen functional groups attached to an aromatic ring is 1. The minimum absolute atomic E-state index is 0.0999. The average molecular weight is 370 g/mol. The first kappa shape index (κ1) is 18.4. The van der Waals surface area contributed by atoms with Gasteiger partial charge in [-0.1, -0.05) is 18.2 Å². The largest absolute Gasteiger partial charge is 0.469 e. The van der Waals surface area contributed by atoms with Crippen LogP contribution >= 0.6 is 0 Å². The molecule has 3 rings (SSSR count). The number of carbonyl (C=O) groups is 2. The number of amides is 1. The molecule has 0 bridgehead atoms. The molecule has 9 heteroatoms. The third kappa shape index (κ3) is 4.25. The molecule has 142 valence electrons. The monoisotopic (exact) mass is 370 g/mol. The minimum atomic E-state index is -0.297. The molecule has 9 nitrogen and oxygen atoms in total. The molecule has 0 unspecified atom stereocenters. The molecule has 0 saturated carbocycles. The fraction of sp³-hybridized carbons (Fsp3) is 0.333. The van der Waals surface area contributed by atoms with E-state index in [9.17, 15) is 9.59 Å². The maximum atomic E-state index is 12.1. The van der Waals surface area contributed by atoms with Crippen molar-refractivity contribution < 1.29 is 14.3 Å². The van der Waals surface area contributed by atoms with Gasteiger partial charge in [0, 0.05) is 18.7 Å². The summed E-state index contributed by atoms with van der Waals surface area (Å²) in [7, 11) is 1.40. The first-order valence-electron chi connectivity index (χ1n) is 8.64. The number of hydrogen-bond acceptors (Lipinski definition) is 8. The summed E-state index contributed by atoms with van der Waals surface area (Å²) in [5.41, 5.74) is 12.4. The molecule has 0 spiro atoms. The van der Waals surface area contributed by atoms with Crippen molar-refractivity contribution in [2.75, 3.05) is 36.3 Å². The number of hydrazine groups is 1. The average Bonchev–Trinajstić information content (AvgIpc) is 2.73. The van der Waals surface area contributed by atoms with Gasteiger partial charge in [-0.05, 0) is 25.0 Å². The van der Waals surface area contributed by atoms with E-state index in [0.717, 1.165) is 0 Å². The summed E-state index contributed by atoms with van der Waals surface area (Å²) in [6.07, 6.45) is 2.72. The van der Waals surface area contributed by atoms with Crippen LogP contribution in [0.4, 0.5) is 17.3 Å². The Bertz CT molecular complexity index is 806. The van der Waals surface area contributed by atoms with Gasteiger partial charge in [0.2, 0.25) is 0 Å². The number of hydrogen-bond donors (Lipinski definition) is 3. The number of carbonyl (C=O) groups excluding carboxylic acids is 2. The smallest absolute Gasteiger partial charge is 0.308 e. The summed E-state index contributed by atoms with van der Waals surface area (Å²) in [5, 5.41) is 0. The van der Waals surface area contributed by atoms with Crippen LogP contribution in [-0.2, 0) is 9.53 Å². The molecule has 1 fully saturated rings. The van der Waals surface area contributed by atoms with Crippen LogP contribution in [0.5, 0.6) is 0 Å². The Morgan fingerprint density at radius 1 is 1.19 bits per heavy atom. The molecule has 1 aliphatic heterocycles. The van der Waals surface area contributed by atoms with Crippen LogP contribution in [0.3, 0.4) is 0 Å². The van der Waals surface area contributed by atoms with Crippen LogP contribution in [0.25, 0.3) is 0 Å². The summed E-state index contributed by atoms with van der Waals surface area (Å²) >= 11 is 0. The highest BCUT2D eigenvalue weighted by molar-refractivity contribution is 5.95. The summed E-state index contributed by atoms with van der Waals surface area (Å²) in [6, 6.07) is 8.81. The fourth-order valence-corrected chi connectivity index (χ4v) is 3.01. The lowest BCUT2D eigenvalue weighted by Gasteiger charge is -2.32. The van der Waals surface area contributed by atoms with Crippen LogP contribution in [-0.4, -0.2) is 42.0 Å². The van der Waals surface area contributed by atoms with Crippen molar-refractivity contribution in [1.82, 2.24) is 15.4 Å². The molecule has 0 atom stereocenters. The number of nitrogens with one attached hydrogen (secondary N) is 2. The molecule has 1 amide bonds. The predicted octanol–water partition coefficient (Wildman–Crippen LogP) is 1.21. The Hall–Kier alpha value is -3.36. The van der Waals surface area contributed by atoms with Crippen molar-refractivity contribution in [3.63, 3.8) is 0 Å². The van der Waals surface area contributed by atoms with E-state index in [-0.39, 0.29) is 17.8 Å². The molecule has 1 aromatic carbocycles. The Kier molecular flexibility index (Phi) is 5.70. The van der Waals surface area contributed by atoms with Crippen molar-refractivity contribution in [3.8, 4) is 0 Å². The molecular weight excluding hydrogens is 348 g/mol. The number of methoxy groups -OCH3 is 1. The number of esters is 1. The number of aromatic nitrogens is 2. The Labute approximate surface area is 156 Å². The van der Waals surface area contributed by atoms with Gasteiger partial charge in [0.05, 0.1) is 13.0 Å². The van der Waals surface area contributed by atoms with Gasteiger partial charge in [-0.15, -0.1) is 0 Å². The Balaban J connectivity index is 1.64. The van der Waals surface area contributed by atoms with Gasteiger partial charge >= 0.3 is 5.97 Å². The van der Waals surface area contributed by atoms with Crippen molar-refractivity contribution >= 4 is 29.2 Å². The number of anilines is 3. The summed E-state index contributed by atoms with van der Waals surface area (Å²) < 4.78 is 4.81. The molecule has 1 saturated heterocycles. The third-order valence-corrected chi connectivity index (χ3v) is 4.52. The lowest BCUT2D eigenvalue weighted by atomic mass is 9.97. The second kappa shape index (κ2) is 8.35. The fourth-order valence-electron chi connectivity index (χ4n) is 3.01. The van der Waals surface area contributed by atoms with Gasteiger partial charge in [0.25, 0.3) is 5.91 Å². The van der Waals surface area contributed by atoms with Gasteiger partial charge in [-0.25, -0.2) is 9.97 Å². The molecule has 27 heavy (non-hydrogen) atoms. The summed E-state index contributed by atoms with van der Waals surface area (Å²) in [6.45, 7) is 1.27. The standard InChI is InChI=1S/C18H22N6O3/c1-27-18(26)13-7-9-24(10-8-13)16-14(19)15(20-11-21-16)22-23-17(25)12-5-3-2-4-6-12/h2-6,11,13H,7-10,19H2,1H3,(H,23,25)(H,20,21,22). The molecule has 4 N–H and O–H groups in total. The van der Waals surface area contributed by atoms with E-state index in [4.69, 9.17) is 10.5 Å². The minimum Gasteiger partial charge on any atom is -0.469 e. The predicted molar refractivity (Wildman–Crippen MR) is 101 cm³/mol. The number of benzene rings is 1. The van der Waals surface area contributed by atoms with Crippen LogP contribution < -0.4 is 21.5 Å². The van der Waals surface area contributed by atoms with E-state index in [1.807, 2.05) is 11.0 Å². The molecule has 2 heterocycles. The maximum Gasteiger partial charge on any atom is 0.308 e. The summed E-state index contributed by atoms with van der Waals surface area (Å²) in [5.74, 6) is 0.312. The van der Waals surface area contributed by atoms with E-state index in [0.29, 0.717) is 48.8 Å². The zero-order valence-electron chi connectivity index (χ0n) is 15.0. The lowest BCUT2D eigenvalue weighted by molar-refractivity contribution is -0.146. The number of ether oxygens (including phenoxy) is 1. The third-order valence-electron chi connectivity index (χ3n) is 4.52. The Morgan fingerprint density at radius 3 is 2.56 bits per heavy atom. The van der Waals surface area contributed by atoms with Crippen LogP contribution in [0, 0.1) is 5.92 Å². The topological polar surface area (TPSA) is 122 Å². The number of rotatable bonds is 5. The highest BCUT2D eigenvalue weighted by Gasteiger charge is 2.27. The molecule has 0 radical (unpaired) electrons. The first-order chi connectivity index (χ1) is 13.1. The number of piperidine rings is 1. The van der Waals surface area contributed by atoms with E-state index < -0.39 is 0 Å². The molecule has 2 aromatic rings. The van der Waals surface area contributed by atoms with Gasteiger partial charge in [-0.3, -0.25) is 20.4 Å². The number of nitrogens with zero attached hydrogens (tertiary/aromatic N) is 3. The SMILES string of the molecule is COC(=O)C1CCN(c2ncnc(NNC(=O)c3ccccc3)c2N)CC1. The van der Waals surface area contributed by atoms with Crippen molar-refractivity contribution in [2.45, 2.75) is 12.8 Å². The van der Waals surface area contributed by atoms with Gasteiger partial charge < -0.3 is 15.4 Å². The van der Waals surface area contributed by atoms with Crippen LogP contribution in [0.2, 0.25) is 0 Å². The quantitative estimate of drug-likeness (QED) is 0.530. The van der Waals surface area contributed by atoms with Crippen molar-refractivity contribution in [2.24, 2.45) is 5.92 Å². The highest BCUT2D eigenvalue weighted by Crippen LogP contribution is 2.29. The van der Waals surface area contributed by atoms with Gasteiger partial charge in [-0.2, -0.15) is 0 Å². The van der Waals surface area contributed by atoms with Gasteiger partial charge in [0.15, 0.2) is 11.6 Å². The number of nitrogens with two attached hydrogens (primary N) is 1. The molecular formula is C18H22N6O3. The second-order valence-electron chi connectivity index (χ2n) is 6.19. The highest BCUT2D eigenvalue weighted by atomic mass is 16.5. The first-order valence-corrected chi connectivity index (χ1v) is 8.64. The summed E-state index contributed by atoms with van der Waals surface area (Å²) in [4.78, 5) is 34.1.